The van der Waals surface area contributed by atoms with Gasteiger partial charge in [0, 0.05) is 11.8 Å². The smallest absolute Gasteiger partial charge is 0.354 e. The number of pyridine rings is 1. The van der Waals surface area contributed by atoms with Crippen LogP contribution in [0.2, 0.25) is 0 Å². The molecule has 0 amide bonds. The molecule has 1 aromatic heterocycles. The third-order valence-electron chi connectivity index (χ3n) is 1.21. The number of aromatic nitrogens is 1. The standard InChI is InChI=1S/C7H4ClNO3/c8-6(10)4-1-2-9-5(3-4)7(11)12/h1-3H,(H,11,12). The monoisotopic (exact) mass is 185 g/mol. The highest BCUT2D eigenvalue weighted by Crippen LogP contribution is 2.04. The van der Waals surface area contributed by atoms with Crippen molar-refractivity contribution in [2.75, 3.05) is 0 Å². The van der Waals surface area contributed by atoms with Crippen LogP contribution in [0.15, 0.2) is 18.3 Å². The molecule has 0 radical (unpaired) electrons. The van der Waals surface area contributed by atoms with Gasteiger partial charge in [-0.25, -0.2) is 9.78 Å². The summed E-state index contributed by atoms with van der Waals surface area (Å²) in [5, 5.41) is 7.78. The molecule has 1 aromatic rings. The second kappa shape index (κ2) is 3.32. The van der Waals surface area contributed by atoms with E-state index in [4.69, 9.17) is 16.7 Å². The Hall–Kier alpha value is -1.42. The molecule has 0 saturated carbocycles. The Labute approximate surface area is 72.8 Å². The van der Waals surface area contributed by atoms with Crippen LogP contribution in [0.3, 0.4) is 0 Å². The van der Waals surface area contributed by atoms with Crippen LogP contribution in [0.1, 0.15) is 20.8 Å². The zero-order chi connectivity index (χ0) is 9.14. The molecule has 0 aromatic carbocycles. The lowest BCUT2D eigenvalue weighted by Crippen LogP contribution is -2.01. The molecule has 0 aliphatic rings. The maximum atomic E-state index is 10.6. The lowest BCUT2D eigenvalue weighted by atomic mass is 10.2. The normalized spacial score (nSPS) is 9.42. The van der Waals surface area contributed by atoms with Gasteiger partial charge in [0.15, 0.2) is 0 Å². The summed E-state index contributed by atoms with van der Waals surface area (Å²) in [7, 11) is 0. The fourth-order valence-corrected chi connectivity index (χ4v) is 0.787. The molecule has 1 rings (SSSR count). The number of carbonyl (C=O) groups excluding carboxylic acids is 1. The molecule has 5 heteroatoms. The molecule has 12 heavy (non-hydrogen) atoms. The minimum Gasteiger partial charge on any atom is -0.477 e. The van der Waals surface area contributed by atoms with Crippen molar-refractivity contribution in [2.24, 2.45) is 0 Å². The van der Waals surface area contributed by atoms with E-state index in [-0.39, 0.29) is 11.3 Å². The molecule has 0 spiro atoms. The highest BCUT2D eigenvalue weighted by molar-refractivity contribution is 6.67. The van der Waals surface area contributed by atoms with Crippen LogP contribution in [-0.2, 0) is 0 Å². The van der Waals surface area contributed by atoms with E-state index >= 15 is 0 Å². The van der Waals surface area contributed by atoms with Gasteiger partial charge < -0.3 is 5.11 Å². The average molecular weight is 186 g/mol. The third-order valence-corrected chi connectivity index (χ3v) is 1.42. The number of rotatable bonds is 2. The molecular weight excluding hydrogens is 182 g/mol. The van der Waals surface area contributed by atoms with Crippen molar-refractivity contribution in [3.8, 4) is 0 Å². The Morgan fingerprint density at radius 1 is 1.50 bits per heavy atom. The SMILES string of the molecule is O=C(Cl)c1ccnc(C(=O)O)c1. The molecule has 0 aliphatic heterocycles. The van der Waals surface area contributed by atoms with E-state index in [1.54, 1.807) is 0 Å². The van der Waals surface area contributed by atoms with Crippen LogP contribution in [0.4, 0.5) is 0 Å². The molecular formula is C7H4ClNO3. The van der Waals surface area contributed by atoms with Crippen LogP contribution >= 0.6 is 11.6 Å². The van der Waals surface area contributed by atoms with Gasteiger partial charge in [0.1, 0.15) is 5.69 Å². The van der Waals surface area contributed by atoms with Crippen LogP contribution in [0, 0.1) is 0 Å². The Morgan fingerprint density at radius 3 is 2.67 bits per heavy atom. The van der Waals surface area contributed by atoms with Crippen molar-refractivity contribution in [3.63, 3.8) is 0 Å². The van der Waals surface area contributed by atoms with Crippen LogP contribution in [0.5, 0.6) is 0 Å². The number of carboxylic acid groups (broad SMARTS) is 1. The van der Waals surface area contributed by atoms with E-state index in [0.29, 0.717) is 0 Å². The highest BCUT2D eigenvalue weighted by atomic mass is 35.5. The summed E-state index contributed by atoms with van der Waals surface area (Å²) in [4.78, 5) is 24.4. The molecule has 0 unspecified atom stereocenters. The molecule has 0 fully saturated rings. The zero-order valence-electron chi connectivity index (χ0n) is 5.82. The van der Waals surface area contributed by atoms with Gasteiger partial charge in [-0.3, -0.25) is 4.79 Å². The molecule has 0 bridgehead atoms. The van der Waals surface area contributed by atoms with Gasteiger partial charge in [-0.2, -0.15) is 0 Å². The summed E-state index contributed by atoms with van der Waals surface area (Å²) in [6.07, 6.45) is 1.22. The maximum absolute atomic E-state index is 10.6. The second-order valence-corrected chi connectivity index (χ2v) is 2.35. The Kier molecular flexibility index (Phi) is 2.40. The topological polar surface area (TPSA) is 67.3 Å². The van der Waals surface area contributed by atoms with Gasteiger partial charge >= 0.3 is 5.97 Å². The zero-order valence-corrected chi connectivity index (χ0v) is 6.58. The van der Waals surface area contributed by atoms with Crippen molar-refractivity contribution in [1.29, 1.82) is 0 Å². The van der Waals surface area contributed by atoms with E-state index in [9.17, 15) is 9.59 Å². The van der Waals surface area contributed by atoms with Crippen molar-refractivity contribution in [3.05, 3.63) is 29.6 Å². The first kappa shape index (κ1) is 8.67. The van der Waals surface area contributed by atoms with E-state index < -0.39 is 11.2 Å². The molecule has 62 valence electrons. The Morgan fingerprint density at radius 2 is 2.17 bits per heavy atom. The summed E-state index contributed by atoms with van der Waals surface area (Å²) >= 11 is 5.12. The number of hydrogen-bond acceptors (Lipinski definition) is 3. The number of nitrogens with zero attached hydrogens (tertiary/aromatic N) is 1. The third kappa shape index (κ3) is 1.79. The average Bonchev–Trinajstić information content (AvgIpc) is 2.04. The first-order valence-corrected chi connectivity index (χ1v) is 3.38. The van der Waals surface area contributed by atoms with Gasteiger partial charge in [0.2, 0.25) is 0 Å². The highest BCUT2D eigenvalue weighted by Gasteiger charge is 2.07. The van der Waals surface area contributed by atoms with E-state index in [2.05, 4.69) is 4.98 Å². The predicted octanol–water partition coefficient (Wildman–Crippen LogP) is 1.16. The number of hydrogen-bond donors (Lipinski definition) is 1. The Bertz CT molecular complexity index is 308. The number of carbonyl (C=O) groups is 2. The molecule has 0 aliphatic carbocycles. The van der Waals surface area contributed by atoms with Crippen LogP contribution in [0.25, 0.3) is 0 Å². The van der Waals surface area contributed by atoms with Gasteiger partial charge in [-0.1, -0.05) is 0 Å². The number of halogens is 1. The maximum Gasteiger partial charge on any atom is 0.354 e. The molecule has 0 saturated heterocycles. The summed E-state index contributed by atoms with van der Waals surface area (Å²) in [6.45, 7) is 0. The van der Waals surface area contributed by atoms with E-state index in [0.717, 1.165) is 6.07 Å². The van der Waals surface area contributed by atoms with Gasteiger partial charge in [-0.05, 0) is 23.7 Å². The number of aromatic carboxylic acids is 1. The van der Waals surface area contributed by atoms with Gasteiger partial charge in [-0.15, -0.1) is 0 Å². The lowest BCUT2D eigenvalue weighted by molar-refractivity contribution is 0.0690. The Balaban J connectivity index is 3.12. The first-order valence-electron chi connectivity index (χ1n) is 3.00. The van der Waals surface area contributed by atoms with Crippen LogP contribution < -0.4 is 0 Å². The van der Waals surface area contributed by atoms with Crippen molar-refractivity contribution in [2.45, 2.75) is 0 Å². The first-order chi connectivity index (χ1) is 5.61. The van der Waals surface area contributed by atoms with E-state index in [1.807, 2.05) is 0 Å². The fourth-order valence-electron chi connectivity index (χ4n) is 0.670. The quantitative estimate of drug-likeness (QED) is 0.702. The van der Waals surface area contributed by atoms with Gasteiger partial charge in [0.25, 0.3) is 5.24 Å². The van der Waals surface area contributed by atoms with E-state index in [1.165, 1.54) is 12.3 Å². The predicted molar refractivity (Wildman–Crippen MR) is 41.4 cm³/mol. The van der Waals surface area contributed by atoms with Crippen molar-refractivity contribution in [1.82, 2.24) is 4.98 Å². The van der Waals surface area contributed by atoms with Crippen molar-refractivity contribution >= 4 is 22.8 Å². The largest absolute Gasteiger partial charge is 0.477 e. The second-order valence-electron chi connectivity index (χ2n) is 2.01. The fraction of sp³-hybridized carbons (Fsp3) is 0. The molecule has 1 heterocycles. The molecule has 0 atom stereocenters. The summed E-state index contributed by atoms with van der Waals surface area (Å²) in [5.41, 5.74) is -0.0643. The lowest BCUT2D eigenvalue weighted by Gasteiger charge is -1.94. The van der Waals surface area contributed by atoms with Gasteiger partial charge in [0.05, 0.1) is 0 Å². The number of carboxylic acids is 1. The molecule has 4 nitrogen and oxygen atoms in total. The summed E-state index contributed by atoms with van der Waals surface area (Å²) < 4.78 is 0. The van der Waals surface area contributed by atoms with Crippen LogP contribution in [-0.4, -0.2) is 21.3 Å². The summed E-state index contributed by atoms with van der Waals surface area (Å²) in [6, 6.07) is 2.47. The van der Waals surface area contributed by atoms with Crippen molar-refractivity contribution < 1.29 is 14.7 Å². The minimum atomic E-state index is -1.19. The minimum absolute atomic E-state index is 0.129. The summed E-state index contributed by atoms with van der Waals surface area (Å²) in [5.74, 6) is -1.19. The molecule has 1 N–H and O–H groups in total.